The van der Waals surface area contributed by atoms with Gasteiger partial charge in [0.15, 0.2) is 0 Å². The minimum absolute atomic E-state index is 0.104. The molecule has 146 valence electrons. The number of amides is 1. The summed E-state index contributed by atoms with van der Waals surface area (Å²) in [5.41, 5.74) is 3.38. The second-order valence-corrected chi connectivity index (χ2v) is 8.06. The van der Waals surface area contributed by atoms with Gasteiger partial charge in [0.05, 0.1) is 5.56 Å². The van der Waals surface area contributed by atoms with Gasteiger partial charge in [-0.15, -0.1) is 0 Å². The third-order valence-electron chi connectivity index (χ3n) is 6.13. The average molecular weight is 369 g/mol. The maximum Gasteiger partial charge on any atom is 0.253 e. The van der Waals surface area contributed by atoms with Crippen molar-refractivity contribution >= 4 is 16.8 Å². The summed E-state index contributed by atoms with van der Waals surface area (Å²) in [7, 11) is 2.21. The topological polar surface area (TPSA) is 40.5 Å². The van der Waals surface area contributed by atoms with Crippen molar-refractivity contribution in [2.45, 2.75) is 38.6 Å². The first-order valence-corrected chi connectivity index (χ1v) is 10.5. The maximum absolute atomic E-state index is 12.6. The van der Waals surface area contributed by atoms with Gasteiger partial charge in [-0.05, 0) is 45.3 Å². The largest absolute Gasteiger partial charge is 0.352 e. The average Bonchev–Trinajstić information content (AvgIpc) is 2.86. The Morgan fingerprint density at radius 2 is 1.78 bits per heavy atom. The van der Waals surface area contributed by atoms with E-state index in [-0.39, 0.29) is 5.91 Å². The molecule has 1 fully saturated rings. The lowest BCUT2D eigenvalue weighted by molar-refractivity contribution is 0.0957. The molecule has 5 nitrogen and oxygen atoms in total. The van der Waals surface area contributed by atoms with E-state index >= 15 is 0 Å². The normalized spacial score (nSPS) is 19.1. The van der Waals surface area contributed by atoms with E-state index < -0.39 is 0 Å². The Morgan fingerprint density at radius 3 is 2.63 bits per heavy atom. The Morgan fingerprint density at radius 1 is 1.00 bits per heavy atom. The molecule has 27 heavy (non-hydrogen) atoms. The van der Waals surface area contributed by atoms with Crippen molar-refractivity contribution in [2.75, 3.05) is 46.3 Å². The molecule has 2 aliphatic rings. The van der Waals surface area contributed by atoms with Gasteiger partial charge in [0.25, 0.3) is 5.91 Å². The van der Waals surface area contributed by atoms with Crippen molar-refractivity contribution in [1.29, 1.82) is 0 Å². The molecule has 1 aromatic heterocycles. The SMILES string of the molecule is CN1CCN(CCCCCn2c3c(c4ccccc42)C(=O)NCCC3)CC1. The molecular weight excluding hydrogens is 336 g/mol. The van der Waals surface area contributed by atoms with E-state index in [9.17, 15) is 4.79 Å². The standard InChI is InChI=1S/C22H32N4O/c1-24-14-16-25(17-15-24)12-5-2-6-13-26-19-9-4-3-8-18(19)21-20(26)10-7-11-23-22(21)27/h3-4,8-9H,2,5-7,10-17H2,1H3,(H,23,27). The van der Waals surface area contributed by atoms with E-state index in [1.807, 2.05) is 6.07 Å². The molecule has 0 aliphatic carbocycles. The van der Waals surface area contributed by atoms with Crippen LogP contribution in [0.1, 0.15) is 41.7 Å². The lowest BCUT2D eigenvalue weighted by Crippen LogP contribution is -2.44. The van der Waals surface area contributed by atoms with E-state index in [2.05, 4.69) is 44.9 Å². The van der Waals surface area contributed by atoms with Crippen molar-refractivity contribution in [3.8, 4) is 0 Å². The Labute approximate surface area is 162 Å². The molecule has 1 saturated heterocycles. The first-order valence-electron chi connectivity index (χ1n) is 10.5. The molecule has 0 radical (unpaired) electrons. The first-order chi connectivity index (χ1) is 13.2. The highest BCUT2D eigenvalue weighted by molar-refractivity contribution is 6.08. The van der Waals surface area contributed by atoms with Gasteiger partial charge in [0.1, 0.15) is 0 Å². The Hall–Kier alpha value is -1.85. The van der Waals surface area contributed by atoms with Crippen LogP contribution in [0.25, 0.3) is 10.9 Å². The summed E-state index contributed by atoms with van der Waals surface area (Å²) in [6.07, 6.45) is 5.72. The highest BCUT2D eigenvalue weighted by Crippen LogP contribution is 2.29. The number of piperazine rings is 1. The Kier molecular flexibility index (Phi) is 5.79. The van der Waals surface area contributed by atoms with Gasteiger partial charge >= 0.3 is 0 Å². The van der Waals surface area contributed by atoms with Crippen LogP contribution in [-0.4, -0.2) is 66.6 Å². The maximum atomic E-state index is 12.6. The highest BCUT2D eigenvalue weighted by Gasteiger charge is 2.23. The third kappa shape index (κ3) is 4.04. The number of fused-ring (bicyclic) bond motifs is 3. The van der Waals surface area contributed by atoms with E-state index in [0.717, 1.165) is 36.9 Å². The minimum atomic E-state index is 0.104. The monoisotopic (exact) mass is 368 g/mol. The van der Waals surface area contributed by atoms with Gasteiger partial charge < -0.3 is 19.7 Å². The molecule has 0 spiro atoms. The molecule has 0 bridgehead atoms. The zero-order valence-electron chi connectivity index (χ0n) is 16.5. The Bertz CT molecular complexity index is 789. The van der Waals surface area contributed by atoms with Crippen LogP contribution in [0.5, 0.6) is 0 Å². The molecule has 5 heteroatoms. The number of unbranched alkanes of at least 4 members (excludes halogenated alkanes) is 2. The molecule has 0 atom stereocenters. The molecule has 1 aromatic carbocycles. The van der Waals surface area contributed by atoms with Gasteiger partial charge in [0, 0.05) is 55.9 Å². The molecule has 0 saturated carbocycles. The number of benzene rings is 1. The van der Waals surface area contributed by atoms with E-state index in [1.165, 1.54) is 63.2 Å². The van der Waals surface area contributed by atoms with Crippen molar-refractivity contribution in [2.24, 2.45) is 0 Å². The van der Waals surface area contributed by atoms with E-state index in [1.54, 1.807) is 0 Å². The minimum Gasteiger partial charge on any atom is -0.352 e. The molecule has 1 amide bonds. The summed E-state index contributed by atoms with van der Waals surface area (Å²) in [5.74, 6) is 0.104. The fourth-order valence-electron chi connectivity index (χ4n) is 4.52. The number of nitrogens with zero attached hydrogens (tertiary/aromatic N) is 3. The highest BCUT2D eigenvalue weighted by atomic mass is 16.1. The third-order valence-corrected chi connectivity index (χ3v) is 6.13. The number of carbonyl (C=O) groups excluding carboxylic acids is 1. The summed E-state index contributed by atoms with van der Waals surface area (Å²) < 4.78 is 2.42. The molecule has 2 aromatic rings. The summed E-state index contributed by atoms with van der Waals surface area (Å²) in [4.78, 5) is 17.6. The molecule has 0 unspecified atom stereocenters. The van der Waals surface area contributed by atoms with Crippen LogP contribution in [0.15, 0.2) is 24.3 Å². The number of nitrogens with one attached hydrogen (secondary N) is 1. The van der Waals surface area contributed by atoms with E-state index in [0.29, 0.717) is 0 Å². The smallest absolute Gasteiger partial charge is 0.253 e. The van der Waals surface area contributed by atoms with Crippen LogP contribution in [0.2, 0.25) is 0 Å². The summed E-state index contributed by atoms with van der Waals surface area (Å²) in [6, 6.07) is 8.40. The lowest BCUT2D eigenvalue weighted by atomic mass is 10.1. The van der Waals surface area contributed by atoms with Crippen molar-refractivity contribution in [3.05, 3.63) is 35.5 Å². The number of hydrogen-bond acceptors (Lipinski definition) is 3. The number of carbonyl (C=O) groups is 1. The quantitative estimate of drug-likeness (QED) is 0.797. The number of para-hydroxylation sites is 1. The predicted molar refractivity (Wildman–Crippen MR) is 110 cm³/mol. The van der Waals surface area contributed by atoms with Crippen LogP contribution in [-0.2, 0) is 13.0 Å². The summed E-state index contributed by atoms with van der Waals surface area (Å²) >= 11 is 0. The predicted octanol–water partition coefficient (Wildman–Crippen LogP) is 2.74. The van der Waals surface area contributed by atoms with Crippen molar-refractivity contribution < 1.29 is 4.79 Å². The number of hydrogen-bond donors (Lipinski definition) is 1. The van der Waals surface area contributed by atoms with Crippen LogP contribution in [0.3, 0.4) is 0 Å². The van der Waals surface area contributed by atoms with Gasteiger partial charge in [0.2, 0.25) is 0 Å². The van der Waals surface area contributed by atoms with Gasteiger partial charge in [-0.2, -0.15) is 0 Å². The lowest BCUT2D eigenvalue weighted by Gasteiger charge is -2.32. The van der Waals surface area contributed by atoms with Gasteiger partial charge in [-0.3, -0.25) is 4.79 Å². The number of aryl methyl sites for hydroxylation is 1. The van der Waals surface area contributed by atoms with Crippen LogP contribution < -0.4 is 5.32 Å². The summed E-state index contributed by atoms with van der Waals surface area (Å²) in [6.45, 7) is 7.84. The van der Waals surface area contributed by atoms with Gasteiger partial charge in [-0.1, -0.05) is 24.6 Å². The number of rotatable bonds is 6. The molecular formula is C22H32N4O. The van der Waals surface area contributed by atoms with Crippen molar-refractivity contribution in [1.82, 2.24) is 19.7 Å². The second kappa shape index (κ2) is 8.44. The van der Waals surface area contributed by atoms with Crippen molar-refractivity contribution in [3.63, 3.8) is 0 Å². The fraction of sp³-hybridized carbons (Fsp3) is 0.591. The van der Waals surface area contributed by atoms with Crippen LogP contribution in [0.4, 0.5) is 0 Å². The molecule has 1 N–H and O–H groups in total. The zero-order valence-corrected chi connectivity index (χ0v) is 16.5. The fourth-order valence-corrected chi connectivity index (χ4v) is 4.52. The summed E-state index contributed by atoms with van der Waals surface area (Å²) in [5, 5.41) is 4.18. The zero-order chi connectivity index (χ0) is 18.6. The number of aromatic nitrogens is 1. The first kappa shape index (κ1) is 18.5. The second-order valence-electron chi connectivity index (χ2n) is 8.06. The van der Waals surface area contributed by atoms with Gasteiger partial charge in [-0.25, -0.2) is 0 Å². The number of likely N-dealkylation sites (N-methyl/N-ethyl adjacent to an activating group) is 1. The Balaban J connectivity index is 1.39. The van der Waals surface area contributed by atoms with Crippen LogP contribution in [0, 0.1) is 0 Å². The molecule has 3 heterocycles. The molecule has 2 aliphatic heterocycles. The van der Waals surface area contributed by atoms with E-state index in [4.69, 9.17) is 0 Å². The van der Waals surface area contributed by atoms with Crippen LogP contribution >= 0.6 is 0 Å². The molecule has 4 rings (SSSR count).